The van der Waals surface area contributed by atoms with Crippen LogP contribution in [0.3, 0.4) is 0 Å². The molecule has 0 heterocycles. The minimum atomic E-state index is -0.984. The van der Waals surface area contributed by atoms with Gasteiger partial charge in [0.1, 0.15) is 5.82 Å². The van der Waals surface area contributed by atoms with Crippen molar-refractivity contribution in [2.75, 3.05) is 13.2 Å². The maximum atomic E-state index is 13.2. The van der Waals surface area contributed by atoms with Gasteiger partial charge in [0.2, 0.25) is 0 Å². The van der Waals surface area contributed by atoms with E-state index in [1.165, 1.54) is 0 Å². The quantitative estimate of drug-likeness (QED) is 0.769. The lowest BCUT2D eigenvalue weighted by molar-refractivity contribution is -0.142. The Bertz CT molecular complexity index is 508. The number of benzene rings is 1. The van der Waals surface area contributed by atoms with E-state index in [4.69, 9.17) is 9.84 Å². The average molecular weight is 301 g/mol. The topological polar surface area (TPSA) is 75.6 Å². The van der Waals surface area contributed by atoms with E-state index in [1.54, 1.807) is 0 Å². The van der Waals surface area contributed by atoms with Crippen molar-refractivity contribution in [2.45, 2.75) is 19.8 Å². The van der Waals surface area contributed by atoms with Crippen LogP contribution in [0.5, 0.6) is 5.75 Å². The van der Waals surface area contributed by atoms with Crippen LogP contribution >= 0.6 is 0 Å². The first kappa shape index (κ1) is 16.9. The fourth-order valence-corrected chi connectivity index (χ4v) is 1.68. The molecule has 0 bridgehead atoms. The van der Waals surface area contributed by atoms with Crippen LogP contribution in [0.15, 0.2) is 18.2 Å². The smallest absolute Gasteiger partial charge is 0.308 e. The number of hydrogen-bond acceptors (Lipinski definition) is 3. The molecule has 0 spiro atoms. The van der Waals surface area contributed by atoms with Crippen molar-refractivity contribution in [3.8, 4) is 5.75 Å². The van der Waals surface area contributed by atoms with Crippen molar-refractivity contribution in [3.63, 3.8) is 0 Å². The van der Waals surface area contributed by atoms with Crippen molar-refractivity contribution >= 4 is 11.9 Å². The standard InChI is InChI=1S/C14H17F2NO4/c1-2-3-9(14(19)20)7-17-13(18)8-21-12-5-4-10(15)6-11(12)16/h4-6,9H,2-3,7-8H2,1H3,(H,17,18)(H,19,20). The maximum Gasteiger partial charge on any atom is 0.308 e. The average Bonchev–Trinajstić information content (AvgIpc) is 2.42. The molecule has 2 N–H and O–H groups in total. The second-order valence-corrected chi connectivity index (χ2v) is 4.49. The minimum absolute atomic E-state index is 0.0166. The van der Waals surface area contributed by atoms with Crippen LogP contribution in [-0.4, -0.2) is 30.1 Å². The Morgan fingerprint density at radius 2 is 2.10 bits per heavy atom. The van der Waals surface area contributed by atoms with E-state index in [9.17, 15) is 18.4 Å². The van der Waals surface area contributed by atoms with Gasteiger partial charge in [-0.25, -0.2) is 8.78 Å². The molecule has 1 amide bonds. The summed E-state index contributed by atoms with van der Waals surface area (Å²) in [4.78, 5) is 22.4. The number of carbonyl (C=O) groups is 2. The van der Waals surface area contributed by atoms with Gasteiger partial charge in [-0.2, -0.15) is 0 Å². The van der Waals surface area contributed by atoms with Crippen LogP contribution in [-0.2, 0) is 9.59 Å². The molecule has 0 radical (unpaired) electrons. The molecule has 1 aromatic rings. The molecular formula is C14H17F2NO4. The van der Waals surface area contributed by atoms with Gasteiger partial charge in [0.05, 0.1) is 5.92 Å². The highest BCUT2D eigenvalue weighted by atomic mass is 19.1. The van der Waals surface area contributed by atoms with E-state index in [1.807, 2.05) is 6.92 Å². The Kier molecular flexibility index (Phi) is 6.58. The van der Waals surface area contributed by atoms with E-state index in [2.05, 4.69) is 5.32 Å². The number of aliphatic carboxylic acids is 1. The van der Waals surface area contributed by atoms with Crippen molar-refractivity contribution in [1.29, 1.82) is 0 Å². The number of nitrogens with one attached hydrogen (secondary N) is 1. The molecular weight excluding hydrogens is 284 g/mol. The highest BCUT2D eigenvalue weighted by Gasteiger charge is 2.17. The zero-order chi connectivity index (χ0) is 15.8. The Morgan fingerprint density at radius 3 is 2.67 bits per heavy atom. The van der Waals surface area contributed by atoms with Crippen molar-refractivity contribution in [2.24, 2.45) is 5.92 Å². The SMILES string of the molecule is CCCC(CNC(=O)COc1ccc(F)cc1F)C(=O)O. The fourth-order valence-electron chi connectivity index (χ4n) is 1.68. The second-order valence-electron chi connectivity index (χ2n) is 4.49. The minimum Gasteiger partial charge on any atom is -0.481 e. The molecule has 0 aliphatic rings. The number of carbonyl (C=O) groups excluding carboxylic acids is 1. The highest BCUT2D eigenvalue weighted by Crippen LogP contribution is 2.17. The first-order valence-corrected chi connectivity index (χ1v) is 6.51. The Labute approximate surface area is 120 Å². The summed E-state index contributed by atoms with van der Waals surface area (Å²) in [5.41, 5.74) is 0. The lowest BCUT2D eigenvalue weighted by Gasteiger charge is -2.13. The summed E-state index contributed by atoms with van der Waals surface area (Å²) < 4.78 is 30.8. The molecule has 1 rings (SSSR count). The van der Waals surface area contributed by atoms with Crippen LogP contribution in [0, 0.1) is 17.6 Å². The molecule has 0 aliphatic carbocycles. The number of halogens is 2. The number of ether oxygens (including phenoxy) is 1. The zero-order valence-corrected chi connectivity index (χ0v) is 11.6. The predicted molar refractivity (Wildman–Crippen MR) is 70.9 cm³/mol. The molecule has 0 saturated carbocycles. The van der Waals surface area contributed by atoms with Crippen LogP contribution in [0.4, 0.5) is 8.78 Å². The summed E-state index contributed by atoms with van der Waals surface area (Å²) >= 11 is 0. The lowest BCUT2D eigenvalue weighted by atomic mass is 10.0. The van der Waals surface area contributed by atoms with Crippen molar-refractivity contribution in [3.05, 3.63) is 29.8 Å². The first-order chi connectivity index (χ1) is 9.93. The van der Waals surface area contributed by atoms with Gasteiger partial charge >= 0.3 is 5.97 Å². The molecule has 1 aromatic carbocycles. The van der Waals surface area contributed by atoms with Crippen molar-refractivity contribution < 1.29 is 28.2 Å². The maximum absolute atomic E-state index is 13.2. The van der Waals surface area contributed by atoms with E-state index in [0.717, 1.165) is 12.1 Å². The van der Waals surface area contributed by atoms with Crippen LogP contribution in [0.2, 0.25) is 0 Å². The largest absolute Gasteiger partial charge is 0.481 e. The normalized spacial score (nSPS) is 11.8. The summed E-state index contributed by atoms with van der Waals surface area (Å²) in [6, 6.07) is 2.74. The Morgan fingerprint density at radius 1 is 1.38 bits per heavy atom. The van der Waals surface area contributed by atoms with Gasteiger partial charge in [0.15, 0.2) is 18.2 Å². The molecule has 0 fully saturated rings. The molecule has 1 unspecified atom stereocenters. The lowest BCUT2D eigenvalue weighted by Crippen LogP contribution is -2.35. The van der Waals surface area contributed by atoms with Crippen LogP contribution in [0.1, 0.15) is 19.8 Å². The number of rotatable bonds is 8. The van der Waals surface area contributed by atoms with E-state index >= 15 is 0 Å². The van der Waals surface area contributed by atoms with Crippen molar-refractivity contribution in [1.82, 2.24) is 5.32 Å². The van der Waals surface area contributed by atoms with Gasteiger partial charge in [-0.3, -0.25) is 9.59 Å². The number of carboxylic acid groups (broad SMARTS) is 1. The van der Waals surface area contributed by atoms with Crippen LogP contribution in [0.25, 0.3) is 0 Å². The molecule has 21 heavy (non-hydrogen) atoms. The monoisotopic (exact) mass is 301 g/mol. The van der Waals surface area contributed by atoms with E-state index in [0.29, 0.717) is 18.9 Å². The summed E-state index contributed by atoms with van der Waals surface area (Å²) in [5, 5.41) is 11.3. The summed E-state index contributed by atoms with van der Waals surface area (Å²) in [6.07, 6.45) is 1.13. The zero-order valence-electron chi connectivity index (χ0n) is 11.6. The second kappa shape index (κ2) is 8.18. The fraction of sp³-hybridized carbons (Fsp3) is 0.429. The third-order valence-corrected chi connectivity index (χ3v) is 2.78. The van der Waals surface area contributed by atoms with Gasteiger partial charge in [0.25, 0.3) is 5.91 Å². The number of carboxylic acids is 1. The van der Waals surface area contributed by atoms with E-state index in [-0.39, 0.29) is 12.3 Å². The third-order valence-electron chi connectivity index (χ3n) is 2.78. The van der Waals surface area contributed by atoms with Gasteiger partial charge in [-0.1, -0.05) is 13.3 Å². The Hall–Kier alpha value is -2.18. The highest BCUT2D eigenvalue weighted by molar-refractivity contribution is 5.78. The molecule has 116 valence electrons. The molecule has 7 heteroatoms. The van der Waals surface area contributed by atoms with Gasteiger partial charge in [-0.05, 0) is 18.6 Å². The molecule has 0 aliphatic heterocycles. The summed E-state index contributed by atoms with van der Waals surface area (Å²) in [7, 11) is 0. The predicted octanol–water partition coefficient (Wildman–Crippen LogP) is 1.96. The third kappa shape index (κ3) is 5.76. The first-order valence-electron chi connectivity index (χ1n) is 6.51. The summed E-state index contributed by atoms with van der Waals surface area (Å²) in [6.45, 7) is 1.36. The Balaban J connectivity index is 2.41. The van der Waals surface area contributed by atoms with Gasteiger partial charge < -0.3 is 15.2 Å². The van der Waals surface area contributed by atoms with E-state index < -0.39 is 36.0 Å². The van der Waals surface area contributed by atoms with Crippen LogP contribution < -0.4 is 10.1 Å². The van der Waals surface area contributed by atoms with Gasteiger partial charge in [0, 0.05) is 12.6 Å². The number of amides is 1. The van der Waals surface area contributed by atoms with Gasteiger partial charge in [-0.15, -0.1) is 0 Å². The number of hydrogen-bond donors (Lipinski definition) is 2. The molecule has 0 saturated heterocycles. The molecule has 1 atom stereocenters. The molecule has 5 nitrogen and oxygen atoms in total. The molecule has 0 aromatic heterocycles. The summed E-state index contributed by atoms with van der Waals surface area (Å²) in [5.74, 6) is -4.11.